The molecule has 0 saturated carbocycles. The number of halogens is 1. The lowest BCUT2D eigenvalue weighted by atomic mass is 9.90. The first-order valence-electron chi connectivity index (χ1n) is 8.23. The summed E-state index contributed by atoms with van der Waals surface area (Å²) in [6.45, 7) is 7.31. The van der Waals surface area contributed by atoms with Crippen molar-refractivity contribution in [2.24, 2.45) is 13.0 Å². The first kappa shape index (κ1) is 20.3. The van der Waals surface area contributed by atoms with Gasteiger partial charge in [0.25, 0.3) is 0 Å². The maximum Gasteiger partial charge on any atom is 0.234 e. The average Bonchev–Trinajstić information content (AvgIpc) is 2.95. The van der Waals surface area contributed by atoms with Gasteiger partial charge >= 0.3 is 0 Å². The third-order valence-electron chi connectivity index (χ3n) is 4.37. The molecule has 0 unspecified atom stereocenters. The summed E-state index contributed by atoms with van der Waals surface area (Å²) < 4.78 is 1.81. The lowest BCUT2D eigenvalue weighted by molar-refractivity contribution is -0.121. The molecule has 0 radical (unpaired) electrons. The van der Waals surface area contributed by atoms with Crippen LogP contribution in [0.4, 0.5) is 0 Å². The summed E-state index contributed by atoms with van der Waals surface area (Å²) in [4.78, 5) is 12.5. The van der Waals surface area contributed by atoms with Gasteiger partial charge in [0, 0.05) is 12.6 Å². The van der Waals surface area contributed by atoms with Crippen LogP contribution in [0.3, 0.4) is 0 Å². The minimum Gasteiger partial charge on any atom is -0.337 e. The molecule has 0 spiro atoms. The van der Waals surface area contributed by atoms with E-state index < -0.39 is 10.8 Å². The number of aromatic nitrogens is 3. The molecule has 0 fully saturated rings. The van der Waals surface area contributed by atoms with Gasteiger partial charge < -0.3 is 9.88 Å². The molecule has 2 atom stereocenters. The average molecular weight is 392 g/mol. The fraction of sp³-hybridized carbons (Fsp3) is 0.444. The summed E-state index contributed by atoms with van der Waals surface area (Å²) in [6, 6.07) is 9.58. The molecule has 1 amide bonds. The zero-order valence-electron chi connectivity index (χ0n) is 15.4. The molecule has 26 heavy (non-hydrogen) atoms. The minimum atomic E-state index is -0.908. The van der Waals surface area contributed by atoms with E-state index in [1.807, 2.05) is 43.7 Å². The highest BCUT2D eigenvalue weighted by Gasteiger charge is 2.32. The zero-order valence-corrected chi connectivity index (χ0v) is 17.0. The van der Waals surface area contributed by atoms with Crippen LogP contribution in [0, 0.1) is 17.2 Å². The zero-order chi connectivity index (χ0) is 19.5. The maximum atomic E-state index is 12.5. The van der Waals surface area contributed by atoms with Gasteiger partial charge in [-0.2, -0.15) is 5.26 Å². The smallest absolute Gasteiger partial charge is 0.234 e. The molecule has 1 heterocycles. The van der Waals surface area contributed by atoms with Crippen molar-refractivity contribution in [3.05, 3.63) is 29.3 Å². The van der Waals surface area contributed by atoms with Gasteiger partial charge in [0.2, 0.25) is 5.91 Å². The van der Waals surface area contributed by atoms with E-state index in [9.17, 15) is 10.1 Å². The lowest BCUT2D eigenvalue weighted by Gasteiger charge is -2.28. The predicted octanol–water partition coefficient (Wildman–Crippen LogP) is 3.67. The topological polar surface area (TPSA) is 83.6 Å². The van der Waals surface area contributed by atoms with Crippen molar-refractivity contribution >= 4 is 29.3 Å². The number of nitrogens with one attached hydrogen (secondary N) is 1. The second kappa shape index (κ2) is 8.11. The van der Waals surface area contributed by atoms with Crippen LogP contribution < -0.4 is 5.32 Å². The van der Waals surface area contributed by atoms with E-state index in [2.05, 4.69) is 21.6 Å². The molecule has 0 aliphatic carbocycles. The van der Waals surface area contributed by atoms with Crippen molar-refractivity contribution in [1.82, 2.24) is 20.1 Å². The number of rotatable bonds is 6. The Bertz CT molecular complexity index is 844. The number of amides is 1. The Morgan fingerprint density at radius 2 is 2.00 bits per heavy atom. The van der Waals surface area contributed by atoms with Gasteiger partial charge in [0.1, 0.15) is 5.54 Å². The van der Waals surface area contributed by atoms with Gasteiger partial charge in [-0.15, -0.1) is 10.2 Å². The highest BCUT2D eigenvalue weighted by Crippen LogP contribution is 2.30. The molecular weight excluding hydrogens is 370 g/mol. The van der Waals surface area contributed by atoms with Crippen LogP contribution in [-0.2, 0) is 11.8 Å². The van der Waals surface area contributed by atoms with E-state index in [0.29, 0.717) is 16.0 Å². The Morgan fingerprint density at radius 3 is 2.58 bits per heavy atom. The van der Waals surface area contributed by atoms with Crippen molar-refractivity contribution in [3.63, 3.8) is 0 Å². The summed E-state index contributed by atoms with van der Waals surface area (Å²) >= 11 is 7.52. The highest BCUT2D eigenvalue weighted by atomic mass is 35.5. The van der Waals surface area contributed by atoms with Crippen LogP contribution in [0.5, 0.6) is 0 Å². The molecule has 0 bridgehead atoms. The van der Waals surface area contributed by atoms with Crippen LogP contribution in [0.25, 0.3) is 11.4 Å². The van der Waals surface area contributed by atoms with Crippen molar-refractivity contribution in [1.29, 1.82) is 5.26 Å². The van der Waals surface area contributed by atoms with E-state index >= 15 is 0 Å². The van der Waals surface area contributed by atoms with Crippen molar-refractivity contribution in [2.75, 3.05) is 0 Å². The second-order valence-electron chi connectivity index (χ2n) is 6.56. The number of hydrogen-bond donors (Lipinski definition) is 1. The third-order valence-corrected chi connectivity index (χ3v) is 5.83. The molecular formula is C18H22ClN5OS. The van der Waals surface area contributed by atoms with E-state index in [4.69, 9.17) is 11.6 Å². The summed E-state index contributed by atoms with van der Waals surface area (Å²) in [5.41, 5.74) is -0.126. The highest BCUT2D eigenvalue weighted by molar-refractivity contribution is 8.00. The summed E-state index contributed by atoms with van der Waals surface area (Å²) in [5, 5.41) is 21.3. The van der Waals surface area contributed by atoms with Gasteiger partial charge in [-0.3, -0.25) is 4.79 Å². The Labute approximate surface area is 162 Å². The Kier molecular flexibility index (Phi) is 6.32. The van der Waals surface area contributed by atoms with Crippen molar-refractivity contribution in [2.45, 2.75) is 43.6 Å². The molecule has 0 aliphatic rings. The van der Waals surface area contributed by atoms with E-state index in [0.717, 1.165) is 5.56 Å². The molecule has 8 heteroatoms. The number of nitriles is 1. The number of nitrogens with zero attached hydrogens (tertiary/aromatic N) is 4. The molecule has 2 rings (SSSR count). The van der Waals surface area contributed by atoms with Crippen LogP contribution >= 0.6 is 23.4 Å². The van der Waals surface area contributed by atoms with Crippen LogP contribution in [-0.4, -0.2) is 31.5 Å². The SMILES string of the molecule is CC(C)[C@](C)(C#N)NC(=O)[C@@H](C)Sc1nnc(-c2ccccc2Cl)n1C. The number of carbonyl (C=O) groups excluding carboxylic acids is 1. The summed E-state index contributed by atoms with van der Waals surface area (Å²) in [6.07, 6.45) is 0. The Hall–Kier alpha value is -2.04. The number of thioether (sulfide) groups is 1. The number of carbonyl (C=O) groups is 1. The maximum absolute atomic E-state index is 12.5. The molecule has 138 valence electrons. The Balaban J connectivity index is 2.16. The first-order valence-corrected chi connectivity index (χ1v) is 9.49. The summed E-state index contributed by atoms with van der Waals surface area (Å²) in [5.74, 6) is 0.417. The van der Waals surface area contributed by atoms with E-state index in [1.54, 1.807) is 19.9 Å². The quantitative estimate of drug-likeness (QED) is 0.759. The number of hydrogen-bond acceptors (Lipinski definition) is 5. The minimum absolute atomic E-state index is 0.00435. The molecule has 1 aromatic carbocycles. The monoisotopic (exact) mass is 391 g/mol. The van der Waals surface area contributed by atoms with E-state index in [-0.39, 0.29) is 11.8 Å². The normalized spacial score (nSPS) is 14.5. The van der Waals surface area contributed by atoms with Gasteiger partial charge in [-0.1, -0.05) is 49.3 Å². The molecule has 0 aliphatic heterocycles. The van der Waals surface area contributed by atoms with E-state index in [1.165, 1.54) is 11.8 Å². The lowest BCUT2D eigenvalue weighted by Crippen LogP contribution is -2.51. The molecule has 2 aromatic rings. The predicted molar refractivity (Wildman–Crippen MR) is 104 cm³/mol. The Morgan fingerprint density at radius 1 is 1.35 bits per heavy atom. The van der Waals surface area contributed by atoms with Gasteiger partial charge in [-0.25, -0.2) is 0 Å². The molecule has 6 nitrogen and oxygen atoms in total. The standard InChI is InChI=1S/C18H22ClN5OS/c1-11(2)18(4,10-20)21-16(25)12(3)26-17-23-22-15(24(17)5)13-8-6-7-9-14(13)19/h6-9,11-12H,1-5H3,(H,21,25)/t12-,18+/m1/s1. The largest absolute Gasteiger partial charge is 0.337 e. The van der Waals surface area contributed by atoms with Crippen LogP contribution in [0.15, 0.2) is 29.4 Å². The van der Waals surface area contributed by atoms with Crippen molar-refractivity contribution < 1.29 is 4.79 Å². The molecule has 1 N–H and O–H groups in total. The second-order valence-corrected chi connectivity index (χ2v) is 8.28. The van der Waals surface area contributed by atoms with Gasteiger partial charge in [0.15, 0.2) is 11.0 Å². The number of benzene rings is 1. The summed E-state index contributed by atoms with van der Waals surface area (Å²) in [7, 11) is 1.83. The fourth-order valence-electron chi connectivity index (χ4n) is 2.17. The van der Waals surface area contributed by atoms with Crippen LogP contribution in [0.1, 0.15) is 27.7 Å². The van der Waals surface area contributed by atoms with Gasteiger partial charge in [-0.05, 0) is 31.9 Å². The van der Waals surface area contributed by atoms with Crippen molar-refractivity contribution in [3.8, 4) is 17.5 Å². The molecule has 0 saturated heterocycles. The first-order chi connectivity index (χ1) is 12.2. The van der Waals surface area contributed by atoms with Gasteiger partial charge in [0.05, 0.1) is 16.3 Å². The van der Waals surface area contributed by atoms with Crippen LogP contribution in [0.2, 0.25) is 5.02 Å². The molecule has 1 aromatic heterocycles. The third kappa shape index (κ3) is 4.19. The fourth-order valence-corrected chi connectivity index (χ4v) is 3.20.